The average Bonchev–Trinajstić information content (AvgIpc) is 2.36. The van der Waals surface area contributed by atoms with Crippen LogP contribution in [-0.2, 0) is 4.79 Å². The van der Waals surface area contributed by atoms with E-state index in [1.807, 2.05) is 0 Å². The molecule has 1 heterocycles. The van der Waals surface area contributed by atoms with Crippen molar-refractivity contribution in [3.63, 3.8) is 0 Å². The molecule has 1 aliphatic heterocycles. The number of carbonyl (C=O) groups excluding carboxylic acids is 1. The standard InChI is InChI=1S/C18H30N2O/c1-16-8-13-7-14(9-16)11-18(10-13,12-16)15(21)20-17(2)3-5-19-6-4-17/h13-14,19H,3-12H2,1-2H3,(H,20,21). The second-order valence-electron chi connectivity index (χ2n) is 9.32. The fraction of sp³-hybridized carbons (Fsp3) is 0.944. The molecule has 2 N–H and O–H groups in total. The van der Waals surface area contributed by atoms with E-state index in [2.05, 4.69) is 24.5 Å². The number of rotatable bonds is 2. The van der Waals surface area contributed by atoms with Crippen molar-refractivity contribution in [3.8, 4) is 0 Å². The third-order valence-corrected chi connectivity index (χ3v) is 6.96. The van der Waals surface area contributed by atoms with E-state index < -0.39 is 0 Å². The van der Waals surface area contributed by atoms with Crippen LogP contribution in [-0.4, -0.2) is 24.5 Å². The molecule has 118 valence electrons. The lowest BCUT2D eigenvalue weighted by molar-refractivity contribution is -0.157. The van der Waals surface area contributed by atoms with E-state index in [9.17, 15) is 4.79 Å². The van der Waals surface area contributed by atoms with Gasteiger partial charge in [0.1, 0.15) is 0 Å². The summed E-state index contributed by atoms with van der Waals surface area (Å²) in [6.45, 7) is 6.76. The van der Waals surface area contributed by atoms with Gasteiger partial charge >= 0.3 is 0 Å². The van der Waals surface area contributed by atoms with Crippen molar-refractivity contribution in [2.24, 2.45) is 22.7 Å². The zero-order chi connectivity index (χ0) is 14.7. The van der Waals surface area contributed by atoms with Gasteiger partial charge in [0.15, 0.2) is 0 Å². The maximum Gasteiger partial charge on any atom is 0.226 e. The zero-order valence-corrected chi connectivity index (χ0v) is 13.6. The summed E-state index contributed by atoms with van der Waals surface area (Å²) in [5, 5.41) is 6.89. The van der Waals surface area contributed by atoms with E-state index in [-0.39, 0.29) is 11.0 Å². The summed E-state index contributed by atoms with van der Waals surface area (Å²) >= 11 is 0. The third kappa shape index (κ3) is 2.32. The van der Waals surface area contributed by atoms with Crippen LogP contribution in [0.2, 0.25) is 0 Å². The van der Waals surface area contributed by atoms with Crippen molar-refractivity contribution < 1.29 is 4.79 Å². The van der Waals surface area contributed by atoms with E-state index >= 15 is 0 Å². The first-order valence-corrected chi connectivity index (χ1v) is 8.94. The average molecular weight is 290 g/mol. The summed E-state index contributed by atoms with van der Waals surface area (Å²) in [6.07, 6.45) is 9.76. The topological polar surface area (TPSA) is 41.1 Å². The van der Waals surface area contributed by atoms with E-state index in [4.69, 9.17) is 0 Å². The first kappa shape index (κ1) is 14.0. The number of carbonyl (C=O) groups is 1. The first-order chi connectivity index (χ1) is 9.91. The summed E-state index contributed by atoms with van der Waals surface area (Å²) in [6, 6.07) is 0. The maximum atomic E-state index is 13.2. The van der Waals surface area contributed by atoms with Gasteiger partial charge in [-0.25, -0.2) is 0 Å². The minimum Gasteiger partial charge on any atom is -0.350 e. The second-order valence-corrected chi connectivity index (χ2v) is 9.32. The van der Waals surface area contributed by atoms with Crippen molar-refractivity contribution >= 4 is 5.91 Å². The molecule has 0 aromatic carbocycles. The summed E-state index contributed by atoms with van der Waals surface area (Å²) < 4.78 is 0. The van der Waals surface area contributed by atoms with Crippen LogP contribution in [0, 0.1) is 22.7 Å². The van der Waals surface area contributed by atoms with Gasteiger partial charge in [-0.15, -0.1) is 0 Å². The summed E-state index contributed by atoms with van der Waals surface area (Å²) in [5.41, 5.74) is 0.454. The summed E-state index contributed by atoms with van der Waals surface area (Å²) in [7, 11) is 0. The highest BCUT2D eigenvalue weighted by Crippen LogP contribution is 2.65. The van der Waals surface area contributed by atoms with Gasteiger partial charge in [0.25, 0.3) is 0 Å². The Morgan fingerprint density at radius 3 is 2.24 bits per heavy atom. The monoisotopic (exact) mass is 290 g/mol. The molecule has 3 heteroatoms. The van der Waals surface area contributed by atoms with E-state index in [1.54, 1.807) is 0 Å². The lowest BCUT2D eigenvalue weighted by atomic mass is 9.44. The van der Waals surface area contributed by atoms with Gasteiger partial charge < -0.3 is 10.6 Å². The van der Waals surface area contributed by atoms with Gasteiger partial charge in [-0.05, 0) is 88.6 Å². The van der Waals surface area contributed by atoms with Crippen molar-refractivity contribution in [2.45, 2.75) is 70.8 Å². The van der Waals surface area contributed by atoms with Crippen LogP contribution < -0.4 is 10.6 Å². The Hall–Kier alpha value is -0.570. The molecule has 4 saturated carbocycles. The molecule has 2 unspecified atom stereocenters. The molecule has 0 aromatic heterocycles. The minimum absolute atomic E-state index is 0.0204. The van der Waals surface area contributed by atoms with Crippen LogP contribution in [0.25, 0.3) is 0 Å². The number of hydrogen-bond acceptors (Lipinski definition) is 2. The molecule has 0 radical (unpaired) electrons. The van der Waals surface area contributed by atoms with Crippen molar-refractivity contribution in [1.82, 2.24) is 10.6 Å². The third-order valence-electron chi connectivity index (χ3n) is 6.96. The normalized spacial score (nSPS) is 47.3. The highest BCUT2D eigenvalue weighted by atomic mass is 16.2. The Kier molecular flexibility index (Phi) is 2.99. The Bertz CT molecular complexity index is 438. The summed E-state index contributed by atoms with van der Waals surface area (Å²) in [4.78, 5) is 13.2. The molecule has 5 aliphatic rings. The molecule has 4 aliphatic carbocycles. The first-order valence-electron chi connectivity index (χ1n) is 8.94. The van der Waals surface area contributed by atoms with Crippen molar-refractivity contribution in [1.29, 1.82) is 0 Å². The van der Waals surface area contributed by atoms with E-state index in [0.717, 1.165) is 44.2 Å². The number of hydrogen-bond donors (Lipinski definition) is 2. The molecule has 0 aromatic rings. The predicted octanol–water partition coefficient (Wildman–Crippen LogP) is 2.85. The van der Waals surface area contributed by atoms with Gasteiger partial charge in [0, 0.05) is 5.54 Å². The lowest BCUT2D eigenvalue weighted by Gasteiger charge is -2.60. The highest BCUT2D eigenvalue weighted by molar-refractivity contribution is 5.84. The van der Waals surface area contributed by atoms with E-state index in [0.29, 0.717) is 11.3 Å². The van der Waals surface area contributed by atoms with Crippen LogP contribution in [0.4, 0.5) is 0 Å². The van der Waals surface area contributed by atoms with Crippen molar-refractivity contribution in [3.05, 3.63) is 0 Å². The molecule has 1 saturated heterocycles. The van der Waals surface area contributed by atoms with Crippen LogP contribution >= 0.6 is 0 Å². The molecular formula is C18H30N2O. The van der Waals surface area contributed by atoms with Crippen LogP contribution in [0.15, 0.2) is 0 Å². The summed E-state index contributed by atoms with van der Waals surface area (Å²) in [5.74, 6) is 2.04. The Morgan fingerprint density at radius 2 is 1.67 bits per heavy atom. The molecule has 2 atom stereocenters. The Labute approximate surface area is 128 Å². The lowest BCUT2D eigenvalue weighted by Crippen LogP contribution is -2.61. The molecule has 3 nitrogen and oxygen atoms in total. The molecule has 0 spiro atoms. The zero-order valence-electron chi connectivity index (χ0n) is 13.6. The second kappa shape index (κ2) is 4.47. The molecule has 1 amide bonds. The van der Waals surface area contributed by atoms with Gasteiger partial charge in [-0.1, -0.05) is 6.92 Å². The highest BCUT2D eigenvalue weighted by Gasteiger charge is 2.59. The minimum atomic E-state index is -0.0211. The van der Waals surface area contributed by atoms with Crippen LogP contribution in [0.3, 0.4) is 0 Å². The van der Waals surface area contributed by atoms with Gasteiger partial charge in [-0.2, -0.15) is 0 Å². The van der Waals surface area contributed by atoms with Gasteiger partial charge in [0.2, 0.25) is 5.91 Å². The molecule has 21 heavy (non-hydrogen) atoms. The number of piperidine rings is 1. The van der Waals surface area contributed by atoms with Crippen LogP contribution in [0.1, 0.15) is 65.2 Å². The Morgan fingerprint density at radius 1 is 1.05 bits per heavy atom. The fourth-order valence-electron chi connectivity index (χ4n) is 6.50. The molecule has 5 rings (SSSR count). The number of nitrogens with one attached hydrogen (secondary N) is 2. The smallest absolute Gasteiger partial charge is 0.226 e. The molecule has 4 bridgehead atoms. The Balaban J connectivity index is 1.54. The molecular weight excluding hydrogens is 260 g/mol. The van der Waals surface area contributed by atoms with Crippen LogP contribution in [0.5, 0.6) is 0 Å². The SMILES string of the molecule is CC12CC3CC(C1)CC(C(=O)NC1(C)CCNCC1)(C3)C2. The van der Waals surface area contributed by atoms with E-state index in [1.165, 1.54) is 32.1 Å². The predicted molar refractivity (Wildman–Crippen MR) is 83.9 cm³/mol. The van der Waals surface area contributed by atoms with Crippen molar-refractivity contribution in [2.75, 3.05) is 13.1 Å². The quantitative estimate of drug-likeness (QED) is 0.821. The fourth-order valence-corrected chi connectivity index (χ4v) is 6.50. The van der Waals surface area contributed by atoms with Gasteiger partial charge in [0.05, 0.1) is 5.41 Å². The number of amides is 1. The largest absolute Gasteiger partial charge is 0.350 e. The maximum absolute atomic E-state index is 13.2. The van der Waals surface area contributed by atoms with Gasteiger partial charge in [-0.3, -0.25) is 4.79 Å². The molecule has 5 fully saturated rings.